The molecule has 0 radical (unpaired) electrons. The minimum absolute atomic E-state index is 0.0476. The lowest BCUT2D eigenvalue weighted by Crippen LogP contribution is -2.40. The summed E-state index contributed by atoms with van der Waals surface area (Å²) in [6.07, 6.45) is 6.21. The Balaban J connectivity index is 1.61. The quantitative estimate of drug-likeness (QED) is 0.790. The molecule has 2 heterocycles. The number of likely N-dealkylation sites (N-methyl/N-ethyl adjacent to an activating group) is 1. The van der Waals surface area contributed by atoms with Gasteiger partial charge in [-0.05, 0) is 43.0 Å². The van der Waals surface area contributed by atoms with Gasteiger partial charge in [0, 0.05) is 42.1 Å². The smallest absolute Gasteiger partial charge is 0.255 e. The molecule has 1 unspecified atom stereocenters. The third kappa shape index (κ3) is 2.40. The third-order valence-corrected chi connectivity index (χ3v) is 4.85. The predicted octanol–water partition coefficient (Wildman–Crippen LogP) is 3.19. The normalized spacial score (nSPS) is 17.0. The largest absolute Gasteiger partial charge is 0.358 e. The van der Waals surface area contributed by atoms with Crippen LogP contribution in [0.4, 0.5) is 0 Å². The highest BCUT2D eigenvalue weighted by molar-refractivity contribution is 5.94. The summed E-state index contributed by atoms with van der Waals surface area (Å²) < 4.78 is 0. The molecule has 4 rings (SSSR count). The maximum Gasteiger partial charge on any atom is 0.255 e. The van der Waals surface area contributed by atoms with Gasteiger partial charge in [0.05, 0.1) is 5.56 Å². The van der Waals surface area contributed by atoms with Gasteiger partial charge < -0.3 is 9.88 Å². The van der Waals surface area contributed by atoms with Crippen LogP contribution in [0.5, 0.6) is 0 Å². The SMILES string of the molecule is CN(C(=O)c1cccnc1)C1CCc2[nH]c3ccccc3c2C1. The number of hydrogen-bond acceptors (Lipinski definition) is 2. The summed E-state index contributed by atoms with van der Waals surface area (Å²) in [5.41, 5.74) is 4.53. The fraction of sp³-hybridized carbons (Fsp3) is 0.263. The summed E-state index contributed by atoms with van der Waals surface area (Å²) >= 11 is 0. The van der Waals surface area contributed by atoms with E-state index in [1.54, 1.807) is 18.5 Å². The highest BCUT2D eigenvalue weighted by Crippen LogP contribution is 2.30. The topological polar surface area (TPSA) is 49.0 Å². The number of carbonyl (C=O) groups is 1. The first-order valence-corrected chi connectivity index (χ1v) is 7.99. The Hall–Kier alpha value is -2.62. The lowest BCUT2D eigenvalue weighted by Gasteiger charge is -2.31. The molecule has 1 amide bonds. The Morgan fingerprint density at radius 2 is 2.13 bits per heavy atom. The van der Waals surface area contributed by atoms with Crippen molar-refractivity contribution in [3.8, 4) is 0 Å². The van der Waals surface area contributed by atoms with Gasteiger partial charge in [0.2, 0.25) is 0 Å². The van der Waals surface area contributed by atoms with E-state index >= 15 is 0 Å². The summed E-state index contributed by atoms with van der Waals surface area (Å²) in [7, 11) is 1.90. The molecule has 4 heteroatoms. The van der Waals surface area contributed by atoms with Gasteiger partial charge in [-0.2, -0.15) is 0 Å². The van der Waals surface area contributed by atoms with Gasteiger partial charge in [-0.15, -0.1) is 0 Å². The van der Waals surface area contributed by atoms with Crippen molar-refractivity contribution in [1.82, 2.24) is 14.9 Å². The van der Waals surface area contributed by atoms with E-state index in [0.29, 0.717) is 5.56 Å². The Bertz CT molecular complexity index is 853. The van der Waals surface area contributed by atoms with Crippen LogP contribution in [0.2, 0.25) is 0 Å². The predicted molar refractivity (Wildman–Crippen MR) is 90.4 cm³/mol. The molecule has 0 saturated carbocycles. The zero-order valence-electron chi connectivity index (χ0n) is 13.1. The standard InChI is InChI=1S/C19H19N3O/c1-22(19(23)13-5-4-10-20-12-13)14-8-9-18-16(11-14)15-6-2-3-7-17(15)21-18/h2-7,10,12,14,21H,8-9,11H2,1H3. The van der Waals surface area contributed by atoms with E-state index in [0.717, 1.165) is 19.3 Å². The number of nitrogens with zero attached hydrogens (tertiary/aromatic N) is 2. The van der Waals surface area contributed by atoms with Crippen LogP contribution in [0.3, 0.4) is 0 Å². The van der Waals surface area contributed by atoms with Gasteiger partial charge in [-0.25, -0.2) is 0 Å². The van der Waals surface area contributed by atoms with E-state index in [4.69, 9.17) is 0 Å². The second-order valence-corrected chi connectivity index (χ2v) is 6.18. The zero-order valence-corrected chi connectivity index (χ0v) is 13.1. The molecule has 0 fully saturated rings. The lowest BCUT2D eigenvalue weighted by atomic mass is 9.90. The zero-order chi connectivity index (χ0) is 15.8. The van der Waals surface area contributed by atoms with E-state index in [9.17, 15) is 4.79 Å². The molecule has 1 atom stereocenters. The van der Waals surface area contributed by atoms with Crippen LogP contribution in [0.1, 0.15) is 28.0 Å². The number of aromatic amines is 1. The summed E-state index contributed by atoms with van der Waals surface area (Å²) in [4.78, 5) is 22.1. The number of fused-ring (bicyclic) bond motifs is 3. The number of benzene rings is 1. The van der Waals surface area contributed by atoms with Crippen molar-refractivity contribution in [2.45, 2.75) is 25.3 Å². The van der Waals surface area contributed by atoms with E-state index in [1.807, 2.05) is 18.0 Å². The lowest BCUT2D eigenvalue weighted by molar-refractivity contribution is 0.0718. The van der Waals surface area contributed by atoms with Gasteiger partial charge in [0.1, 0.15) is 0 Å². The molecule has 116 valence electrons. The number of H-pyrrole nitrogens is 1. The molecule has 2 aromatic heterocycles. The average molecular weight is 305 g/mol. The van der Waals surface area contributed by atoms with E-state index in [-0.39, 0.29) is 11.9 Å². The molecule has 3 aromatic rings. The third-order valence-electron chi connectivity index (χ3n) is 4.85. The van der Waals surface area contributed by atoms with Crippen molar-refractivity contribution < 1.29 is 4.79 Å². The number of carbonyl (C=O) groups excluding carboxylic acids is 1. The van der Waals surface area contributed by atoms with Crippen molar-refractivity contribution in [2.75, 3.05) is 7.05 Å². The molecule has 1 N–H and O–H groups in total. The second-order valence-electron chi connectivity index (χ2n) is 6.18. The minimum Gasteiger partial charge on any atom is -0.358 e. The molecule has 0 saturated heterocycles. The first-order chi connectivity index (χ1) is 11.2. The molecule has 1 aromatic carbocycles. The molecular weight excluding hydrogens is 286 g/mol. The van der Waals surface area contributed by atoms with Crippen molar-refractivity contribution in [1.29, 1.82) is 0 Å². The Labute approximate surface area is 135 Å². The van der Waals surface area contributed by atoms with Crippen LogP contribution >= 0.6 is 0 Å². The molecule has 4 nitrogen and oxygen atoms in total. The first kappa shape index (κ1) is 14.0. The number of rotatable bonds is 2. The van der Waals surface area contributed by atoms with Crippen LogP contribution in [0, 0.1) is 0 Å². The van der Waals surface area contributed by atoms with Crippen LogP contribution < -0.4 is 0 Å². The van der Waals surface area contributed by atoms with Gasteiger partial charge in [-0.1, -0.05) is 18.2 Å². The maximum atomic E-state index is 12.6. The van der Waals surface area contributed by atoms with Crippen molar-refractivity contribution in [3.05, 3.63) is 65.6 Å². The molecule has 23 heavy (non-hydrogen) atoms. The van der Waals surface area contributed by atoms with Crippen molar-refractivity contribution in [2.24, 2.45) is 0 Å². The molecule has 0 bridgehead atoms. The van der Waals surface area contributed by atoms with Crippen LogP contribution in [0.25, 0.3) is 10.9 Å². The van der Waals surface area contributed by atoms with Crippen molar-refractivity contribution in [3.63, 3.8) is 0 Å². The minimum atomic E-state index is 0.0476. The highest BCUT2D eigenvalue weighted by atomic mass is 16.2. The maximum absolute atomic E-state index is 12.6. The number of aryl methyl sites for hydroxylation is 1. The van der Waals surface area contributed by atoms with Crippen molar-refractivity contribution >= 4 is 16.8 Å². The first-order valence-electron chi connectivity index (χ1n) is 7.99. The number of amides is 1. The summed E-state index contributed by atoms with van der Waals surface area (Å²) in [6.45, 7) is 0. The van der Waals surface area contributed by atoms with Crippen LogP contribution in [-0.2, 0) is 12.8 Å². The number of pyridine rings is 1. The summed E-state index contributed by atoms with van der Waals surface area (Å²) in [6, 6.07) is 12.3. The Kier molecular flexibility index (Phi) is 3.37. The molecular formula is C19H19N3O. The van der Waals surface area contributed by atoms with Gasteiger partial charge in [0.25, 0.3) is 5.91 Å². The Morgan fingerprint density at radius 3 is 2.96 bits per heavy atom. The number of para-hydroxylation sites is 1. The van der Waals surface area contributed by atoms with Gasteiger partial charge in [-0.3, -0.25) is 9.78 Å². The molecule has 1 aliphatic carbocycles. The Morgan fingerprint density at radius 1 is 1.26 bits per heavy atom. The molecule has 1 aliphatic rings. The fourth-order valence-corrected chi connectivity index (χ4v) is 3.54. The number of nitrogens with one attached hydrogen (secondary N) is 1. The van der Waals surface area contributed by atoms with E-state index < -0.39 is 0 Å². The van der Waals surface area contributed by atoms with E-state index in [1.165, 1.54) is 22.2 Å². The highest BCUT2D eigenvalue weighted by Gasteiger charge is 2.27. The fourth-order valence-electron chi connectivity index (χ4n) is 3.54. The average Bonchev–Trinajstić information content (AvgIpc) is 2.99. The summed E-state index contributed by atoms with van der Waals surface area (Å²) in [5.74, 6) is 0.0476. The van der Waals surface area contributed by atoms with Gasteiger partial charge in [0.15, 0.2) is 0 Å². The van der Waals surface area contributed by atoms with Gasteiger partial charge >= 0.3 is 0 Å². The summed E-state index contributed by atoms with van der Waals surface area (Å²) in [5, 5.41) is 1.29. The number of aromatic nitrogens is 2. The van der Waals surface area contributed by atoms with Crippen LogP contribution in [-0.4, -0.2) is 33.9 Å². The second kappa shape index (κ2) is 5.54. The molecule has 0 spiro atoms. The monoisotopic (exact) mass is 305 g/mol. The van der Waals surface area contributed by atoms with Crippen LogP contribution in [0.15, 0.2) is 48.8 Å². The molecule has 0 aliphatic heterocycles. The number of hydrogen-bond donors (Lipinski definition) is 1. The van der Waals surface area contributed by atoms with E-state index in [2.05, 4.69) is 34.2 Å².